The Morgan fingerprint density at radius 1 is 1.09 bits per heavy atom. The third-order valence-corrected chi connectivity index (χ3v) is 12.1. The molecule has 3 saturated carbocycles. The first-order valence-electron chi connectivity index (χ1n) is 13.2. The first kappa shape index (κ1) is 23.5. The summed E-state index contributed by atoms with van der Waals surface area (Å²) in [6, 6.07) is 8.81. The Kier molecular flexibility index (Phi) is 5.96. The number of carbonyl (C=O) groups excluding carboxylic acids is 2. The van der Waals surface area contributed by atoms with Gasteiger partial charge in [-0.25, -0.2) is 0 Å². The second-order valence-corrected chi connectivity index (χ2v) is 13.8. The minimum absolute atomic E-state index is 0.0451. The van der Waals surface area contributed by atoms with E-state index in [2.05, 4.69) is 65.6 Å². The number of carbonyl (C=O) groups is 2. The van der Waals surface area contributed by atoms with Gasteiger partial charge in [0.1, 0.15) is 0 Å². The standard InChI is InChI=1S/C29H36N2O2S2/c1-28-13-11-21-19(7-10-25-29(21,2)14-12-26(32)31-25)20(28)8-9-22(28)27(33)30-23(24-6-4-16-35-24)17-18-5-3-15-34-18/h3-6,12,14-16,19-23,25H,7-11,13,17H2,1-2H3,(H,30,33)(H,31,32)/t19-,20-,21+,22?,23?,25?,28-,29+/m0/s1. The van der Waals surface area contributed by atoms with E-state index in [0.717, 1.165) is 38.5 Å². The predicted octanol–water partition coefficient (Wildman–Crippen LogP) is 6.12. The van der Waals surface area contributed by atoms with E-state index in [1.165, 1.54) is 16.2 Å². The van der Waals surface area contributed by atoms with Crippen LogP contribution in [0.1, 0.15) is 68.2 Å². The first-order chi connectivity index (χ1) is 16.9. The second kappa shape index (κ2) is 8.88. The van der Waals surface area contributed by atoms with Crippen LogP contribution < -0.4 is 10.6 Å². The molecule has 3 fully saturated rings. The van der Waals surface area contributed by atoms with Crippen molar-refractivity contribution < 1.29 is 9.59 Å². The van der Waals surface area contributed by atoms with Gasteiger partial charge >= 0.3 is 0 Å². The molecule has 186 valence electrons. The predicted molar refractivity (Wildman–Crippen MR) is 142 cm³/mol. The minimum Gasteiger partial charge on any atom is -0.349 e. The van der Waals surface area contributed by atoms with Crippen LogP contribution in [0.2, 0.25) is 0 Å². The van der Waals surface area contributed by atoms with Gasteiger partial charge in [0.05, 0.1) is 6.04 Å². The number of rotatable bonds is 5. The van der Waals surface area contributed by atoms with Crippen LogP contribution in [-0.2, 0) is 16.0 Å². The maximum absolute atomic E-state index is 13.9. The summed E-state index contributed by atoms with van der Waals surface area (Å²) in [6.07, 6.45) is 11.5. The average Bonchev–Trinajstić information content (AvgIpc) is 3.60. The Morgan fingerprint density at radius 2 is 1.91 bits per heavy atom. The van der Waals surface area contributed by atoms with E-state index in [9.17, 15) is 9.59 Å². The number of nitrogens with one attached hydrogen (secondary N) is 2. The van der Waals surface area contributed by atoms with Gasteiger partial charge in [0.15, 0.2) is 0 Å². The zero-order valence-electron chi connectivity index (χ0n) is 20.7. The van der Waals surface area contributed by atoms with Gasteiger partial charge in [0.2, 0.25) is 11.8 Å². The third-order valence-electron chi connectivity index (χ3n) is 10.2. The molecule has 0 spiro atoms. The van der Waals surface area contributed by atoms with Crippen LogP contribution in [0, 0.1) is 34.5 Å². The molecule has 3 unspecified atom stereocenters. The zero-order chi connectivity index (χ0) is 24.2. The van der Waals surface area contributed by atoms with Crippen LogP contribution in [0.3, 0.4) is 0 Å². The minimum atomic E-state index is 0.0451. The zero-order valence-corrected chi connectivity index (χ0v) is 22.3. The lowest BCUT2D eigenvalue weighted by molar-refractivity contribution is -0.134. The summed E-state index contributed by atoms with van der Waals surface area (Å²) in [5, 5.41) is 11.0. The molecule has 0 aromatic carbocycles. The fourth-order valence-corrected chi connectivity index (χ4v) is 9.91. The average molecular weight is 509 g/mol. The highest BCUT2D eigenvalue weighted by Crippen LogP contribution is 2.65. The van der Waals surface area contributed by atoms with Gasteiger partial charge in [-0.3, -0.25) is 9.59 Å². The van der Waals surface area contributed by atoms with Gasteiger partial charge in [0.25, 0.3) is 0 Å². The molecule has 35 heavy (non-hydrogen) atoms. The van der Waals surface area contributed by atoms with Gasteiger partial charge < -0.3 is 10.6 Å². The summed E-state index contributed by atoms with van der Waals surface area (Å²) < 4.78 is 0. The van der Waals surface area contributed by atoms with Crippen LogP contribution >= 0.6 is 22.7 Å². The molecule has 2 N–H and O–H groups in total. The summed E-state index contributed by atoms with van der Waals surface area (Å²) in [4.78, 5) is 28.4. The lowest BCUT2D eigenvalue weighted by atomic mass is 9.48. The van der Waals surface area contributed by atoms with Gasteiger partial charge in [-0.2, -0.15) is 0 Å². The maximum atomic E-state index is 13.9. The number of fused-ring (bicyclic) bond motifs is 5. The Balaban J connectivity index is 1.21. The van der Waals surface area contributed by atoms with Crippen molar-refractivity contribution in [1.82, 2.24) is 10.6 Å². The maximum Gasteiger partial charge on any atom is 0.243 e. The van der Waals surface area contributed by atoms with Crippen LogP contribution in [0.15, 0.2) is 47.2 Å². The summed E-state index contributed by atoms with van der Waals surface area (Å²) in [6.45, 7) is 4.78. The summed E-state index contributed by atoms with van der Waals surface area (Å²) in [7, 11) is 0. The molecule has 3 aliphatic carbocycles. The van der Waals surface area contributed by atoms with Crippen molar-refractivity contribution in [3.63, 3.8) is 0 Å². The van der Waals surface area contributed by atoms with Crippen LogP contribution in [0.4, 0.5) is 0 Å². The van der Waals surface area contributed by atoms with Crippen molar-refractivity contribution in [1.29, 1.82) is 0 Å². The van der Waals surface area contributed by atoms with E-state index in [1.807, 2.05) is 0 Å². The van der Waals surface area contributed by atoms with Gasteiger partial charge in [0, 0.05) is 33.5 Å². The molecule has 0 radical (unpaired) electrons. The van der Waals surface area contributed by atoms with E-state index in [1.54, 1.807) is 28.7 Å². The Labute approximate surface area is 216 Å². The molecule has 4 aliphatic rings. The molecule has 2 amide bonds. The number of hydrogen-bond acceptors (Lipinski definition) is 4. The van der Waals surface area contributed by atoms with Crippen molar-refractivity contribution in [3.05, 3.63) is 56.9 Å². The van der Waals surface area contributed by atoms with Crippen molar-refractivity contribution in [2.45, 2.75) is 70.9 Å². The first-order valence-corrected chi connectivity index (χ1v) is 15.0. The van der Waals surface area contributed by atoms with E-state index in [4.69, 9.17) is 0 Å². The molecule has 6 heteroatoms. The fourth-order valence-electron chi connectivity index (χ4n) is 8.38. The molecular weight excluding hydrogens is 472 g/mol. The lowest BCUT2D eigenvalue weighted by Gasteiger charge is -2.58. The van der Waals surface area contributed by atoms with E-state index >= 15 is 0 Å². The largest absolute Gasteiger partial charge is 0.349 e. The SMILES string of the molecule is C[C@]12C=CC(=O)NC1CC[C@@H]1[C@H]2CC[C@]2(C)C(C(=O)NC(Cc3cccs3)c3cccs3)CC[C@@H]12. The van der Waals surface area contributed by atoms with Crippen molar-refractivity contribution in [2.24, 2.45) is 34.5 Å². The molecular formula is C29H36N2O2S2. The molecule has 3 heterocycles. The van der Waals surface area contributed by atoms with Crippen LogP contribution in [0.25, 0.3) is 0 Å². The van der Waals surface area contributed by atoms with E-state index in [-0.39, 0.29) is 40.6 Å². The lowest BCUT2D eigenvalue weighted by Crippen LogP contribution is -2.59. The molecule has 8 atom stereocenters. The second-order valence-electron chi connectivity index (χ2n) is 11.7. The van der Waals surface area contributed by atoms with Crippen molar-refractivity contribution in [2.75, 3.05) is 0 Å². The molecule has 0 bridgehead atoms. The summed E-state index contributed by atoms with van der Waals surface area (Å²) in [5.41, 5.74) is 0.114. The topological polar surface area (TPSA) is 58.2 Å². The van der Waals surface area contributed by atoms with Crippen LogP contribution in [-0.4, -0.2) is 17.9 Å². The molecule has 4 nitrogen and oxygen atoms in total. The van der Waals surface area contributed by atoms with Gasteiger partial charge in [-0.05, 0) is 90.7 Å². The molecule has 6 rings (SSSR count). The molecule has 2 aromatic rings. The van der Waals surface area contributed by atoms with Gasteiger partial charge in [-0.1, -0.05) is 32.1 Å². The number of hydrogen-bond donors (Lipinski definition) is 2. The van der Waals surface area contributed by atoms with E-state index in [0.29, 0.717) is 17.8 Å². The summed E-state index contributed by atoms with van der Waals surface area (Å²) in [5.74, 6) is 2.24. The Bertz CT molecular complexity index is 1110. The number of amides is 2. The summed E-state index contributed by atoms with van der Waals surface area (Å²) >= 11 is 3.51. The highest BCUT2D eigenvalue weighted by Gasteiger charge is 2.60. The van der Waals surface area contributed by atoms with Crippen molar-refractivity contribution in [3.8, 4) is 0 Å². The fraction of sp³-hybridized carbons (Fsp3) is 0.586. The Hall–Kier alpha value is -1.92. The molecule has 1 aliphatic heterocycles. The smallest absolute Gasteiger partial charge is 0.243 e. The quantitative estimate of drug-likeness (QED) is 0.511. The van der Waals surface area contributed by atoms with E-state index < -0.39 is 0 Å². The molecule has 0 saturated heterocycles. The third kappa shape index (κ3) is 3.92. The number of thiophene rings is 2. The van der Waals surface area contributed by atoms with Crippen LogP contribution in [0.5, 0.6) is 0 Å². The van der Waals surface area contributed by atoms with Crippen molar-refractivity contribution >= 4 is 34.5 Å². The Morgan fingerprint density at radius 3 is 2.69 bits per heavy atom. The highest BCUT2D eigenvalue weighted by atomic mass is 32.1. The normalized spacial score (nSPS) is 38.7. The molecule has 2 aromatic heterocycles. The highest BCUT2D eigenvalue weighted by molar-refractivity contribution is 7.10. The monoisotopic (exact) mass is 508 g/mol. The van der Waals surface area contributed by atoms with Gasteiger partial charge in [-0.15, -0.1) is 22.7 Å².